The summed E-state index contributed by atoms with van der Waals surface area (Å²) in [4.78, 5) is 0.241. The molecule has 0 aliphatic heterocycles. The van der Waals surface area contributed by atoms with E-state index in [-0.39, 0.29) is 16.7 Å². The third kappa shape index (κ3) is 4.42. The molecule has 0 amide bonds. The molecule has 0 atom stereocenters. The zero-order chi connectivity index (χ0) is 14.6. The molecule has 1 aromatic rings. The number of alkyl halides is 3. The number of halogens is 3. The van der Waals surface area contributed by atoms with Crippen LogP contribution in [0.4, 0.5) is 13.2 Å². The fraction of sp³-hybridized carbons (Fsp3) is 0.600. The number of hydrogen-bond acceptors (Lipinski definition) is 2. The number of benzene rings is 1. The van der Waals surface area contributed by atoms with Crippen molar-refractivity contribution in [2.45, 2.75) is 49.6 Å². The molecule has 0 radical (unpaired) electrons. The highest BCUT2D eigenvalue weighted by molar-refractivity contribution is 8.00. The van der Waals surface area contributed by atoms with E-state index in [9.17, 15) is 13.2 Å². The second-order valence-corrected chi connectivity index (χ2v) is 6.64. The molecule has 1 saturated carbocycles. The summed E-state index contributed by atoms with van der Waals surface area (Å²) in [5.74, 6) is 0. The smallest absolute Gasteiger partial charge is 0.312 e. The number of nitrogens with one attached hydrogen (secondary N) is 1. The van der Waals surface area contributed by atoms with E-state index in [1.54, 1.807) is 12.1 Å². The molecule has 0 heterocycles. The molecule has 2 rings (SSSR count). The van der Waals surface area contributed by atoms with Gasteiger partial charge in [0.15, 0.2) is 0 Å². The van der Waals surface area contributed by atoms with Crippen LogP contribution < -0.4 is 5.32 Å². The standard InChI is InChI=1S/C15H20F3NS/c1-2-14(8-3-9-14)11-19-10-12-4-6-13(7-5-12)20-15(16,17)18/h4-7,19H,2-3,8-11H2,1H3. The summed E-state index contributed by atoms with van der Waals surface area (Å²) in [6.07, 6.45) is 5.09. The minimum absolute atomic E-state index is 0.0665. The van der Waals surface area contributed by atoms with Gasteiger partial charge in [0.25, 0.3) is 0 Å². The van der Waals surface area contributed by atoms with Crippen LogP contribution in [-0.4, -0.2) is 12.1 Å². The fourth-order valence-electron chi connectivity index (χ4n) is 2.61. The molecule has 1 aliphatic carbocycles. The number of thioether (sulfide) groups is 1. The van der Waals surface area contributed by atoms with Gasteiger partial charge in [0.2, 0.25) is 0 Å². The van der Waals surface area contributed by atoms with Crippen molar-refractivity contribution < 1.29 is 13.2 Å². The normalized spacial score (nSPS) is 17.8. The van der Waals surface area contributed by atoms with Crippen LogP contribution in [0.2, 0.25) is 0 Å². The van der Waals surface area contributed by atoms with Crippen molar-refractivity contribution in [3.8, 4) is 0 Å². The maximum absolute atomic E-state index is 12.2. The number of hydrogen-bond donors (Lipinski definition) is 1. The summed E-state index contributed by atoms with van der Waals surface area (Å²) < 4.78 is 36.6. The Bertz CT molecular complexity index is 418. The van der Waals surface area contributed by atoms with Gasteiger partial charge < -0.3 is 5.32 Å². The van der Waals surface area contributed by atoms with E-state index in [0.717, 1.165) is 18.7 Å². The first kappa shape index (κ1) is 15.7. The largest absolute Gasteiger partial charge is 0.446 e. The average Bonchev–Trinajstić information content (AvgIpc) is 2.33. The summed E-state index contributed by atoms with van der Waals surface area (Å²) in [5.41, 5.74) is -2.72. The third-order valence-corrected chi connectivity index (χ3v) is 4.89. The van der Waals surface area contributed by atoms with Crippen molar-refractivity contribution in [2.24, 2.45) is 5.41 Å². The molecular formula is C15H20F3NS. The monoisotopic (exact) mass is 303 g/mol. The topological polar surface area (TPSA) is 12.0 Å². The van der Waals surface area contributed by atoms with E-state index < -0.39 is 5.51 Å². The predicted molar refractivity (Wildman–Crippen MR) is 76.6 cm³/mol. The lowest BCUT2D eigenvalue weighted by molar-refractivity contribution is -0.0328. The second-order valence-electron chi connectivity index (χ2n) is 5.50. The molecule has 0 saturated heterocycles. The van der Waals surface area contributed by atoms with Gasteiger partial charge in [-0.05, 0) is 54.1 Å². The summed E-state index contributed by atoms with van der Waals surface area (Å²) in [7, 11) is 0. The SMILES string of the molecule is CCC1(CNCc2ccc(SC(F)(F)F)cc2)CCC1. The molecule has 20 heavy (non-hydrogen) atoms. The Hall–Kier alpha value is -0.680. The van der Waals surface area contributed by atoms with E-state index in [0.29, 0.717) is 5.41 Å². The first-order chi connectivity index (χ1) is 9.42. The maximum Gasteiger partial charge on any atom is 0.446 e. The van der Waals surface area contributed by atoms with E-state index in [1.165, 1.54) is 37.8 Å². The average molecular weight is 303 g/mol. The maximum atomic E-state index is 12.2. The Kier molecular flexibility index (Phi) is 5.02. The van der Waals surface area contributed by atoms with Crippen molar-refractivity contribution in [1.29, 1.82) is 0 Å². The van der Waals surface area contributed by atoms with Crippen molar-refractivity contribution in [3.63, 3.8) is 0 Å². The van der Waals surface area contributed by atoms with Crippen LogP contribution in [0.15, 0.2) is 29.2 Å². The molecule has 1 aromatic carbocycles. The molecule has 0 unspecified atom stereocenters. The van der Waals surface area contributed by atoms with Crippen LogP contribution in [0, 0.1) is 5.41 Å². The molecule has 1 nitrogen and oxygen atoms in total. The Morgan fingerprint density at radius 3 is 2.30 bits per heavy atom. The zero-order valence-electron chi connectivity index (χ0n) is 11.6. The van der Waals surface area contributed by atoms with Gasteiger partial charge in [0.05, 0.1) is 0 Å². The minimum Gasteiger partial charge on any atom is -0.312 e. The lowest BCUT2D eigenvalue weighted by Gasteiger charge is -2.41. The lowest BCUT2D eigenvalue weighted by Crippen LogP contribution is -2.39. The molecule has 0 bridgehead atoms. The summed E-state index contributed by atoms with van der Waals surface area (Å²) in [5, 5.41) is 3.43. The van der Waals surface area contributed by atoms with Crippen LogP contribution in [0.5, 0.6) is 0 Å². The number of rotatable bonds is 6. The highest BCUT2D eigenvalue weighted by Gasteiger charge is 2.34. The Labute approximate surface area is 122 Å². The van der Waals surface area contributed by atoms with Crippen molar-refractivity contribution in [3.05, 3.63) is 29.8 Å². The second kappa shape index (κ2) is 6.39. The lowest BCUT2D eigenvalue weighted by atomic mass is 9.67. The van der Waals surface area contributed by atoms with Gasteiger partial charge >= 0.3 is 5.51 Å². The highest BCUT2D eigenvalue weighted by atomic mass is 32.2. The summed E-state index contributed by atoms with van der Waals surface area (Å²) in [6.45, 7) is 3.95. The Balaban J connectivity index is 1.79. The Morgan fingerprint density at radius 2 is 1.85 bits per heavy atom. The first-order valence-corrected chi connectivity index (χ1v) is 7.80. The zero-order valence-corrected chi connectivity index (χ0v) is 12.4. The van der Waals surface area contributed by atoms with Crippen LogP contribution >= 0.6 is 11.8 Å². The van der Waals surface area contributed by atoms with Crippen molar-refractivity contribution in [1.82, 2.24) is 5.32 Å². The molecule has 5 heteroatoms. The van der Waals surface area contributed by atoms with Gasteiger partial charge in [-0.1, -0.05) is 25.5 Å². The molecule has 0 spiro atoms. The summed E-state index contributed by atoms with van der Waals surface area (Å²) in [6, 6.07) is 6.60. The molecular weight excluding hydrogens is 283 g/mol. The Morgan fingerprint density at radius 1 is 1.20 bits per heavy atom. The van der Waals surface area contributed by atoms with Crippen LogP contribution in [0.25, 0.3) is 0 Å². The molecule has 1 N–H and O–H groups in total. The van der Waals surface area contributed by atoms with Gasteiger partial charge in [0.1, 0.15) is 0 Å². The molecule has 1 aliphatic rings. The highest BCUT2D eigenvalue weighted by Crippen LogP contribution is 2.43. The van der Waals surface area contributed by atoms with E-state index in [1.807, 2.05) is 0 Å². The molecule has 1 fully saturated rings. The van der Waals surface area contributed by atoms with Gasteiger partial charge in [-0.25, -0.2) is 0 Å². The van der Waals surface area contributed by atoms with Gasteiger partial charge in [-0.15, -0.1) is 0 Å². The van der Waals surface area contributed by atoms with Crippen LogP contribution in [0.1, 0.15) is 38.2 Å². The fourth-order valence-corrected chi connectivity index (χ4v) is 3.15. The quantitative estimate of drug-likeness (QED) is 0.745. The van der Waals surface area contributed by atoms with Crippen molar-refractivity contribution in [2.75, 3.05) is 6.54 Å². The molecule has 0 aromatic heterocycles. The van der Waals surface area contributed by atoms with Crippen LogP contribution in [0.3, 0.4) is 0 Å². The van der Waals surface area contributed by atoms with Crippen LogP contribution in [-0.2, 0) is 6.54 Å². The van der Waals surface area contributed by atoms with E-state index in [4.69, 9.17) is 0 Å². The predicted octanol–water partition coefficient (Wildman–Crippen LogP) is 4.97. The van der Waals surface area contributed by atoms with Gasteiger partial charge in [-0.3, -0.25) is 0 Å². The van der Waals surface area contributed by atoms with E-state index in [2.05, 4.69) is 12.2 Å². The van der Waals surface area contributed by atoms with Gasteiger partial charge in [0, 0.05) is 18.0 Å². The third-order valence-electron chi connectivity index (χ3n) is 4.15. The molecule has 112 valence electrons. The minimum atomic E-state index is -4.21. The van der Waals surface area contributed by atoms with Crippen molar-refractivity contribution >= 4 is 11.8 Å². The summed E-state index contributed by atoms with van der Waals surface area (Å²) >= 11 is -0.0665. The van der Waals surface area contributed by atoms with Gasteiger partial charge in [-0.2, -0.15) is 13.2 Å². The van der Waals surface area contributed by atoms with E-state index >= 15 is 0 Å². The first-order valence-electron chi connectivity index (χ1n) is 6.98.